The van der Waals surface area contributed by atoms with Gasteiger partial charge in [0.15, 0.2) is 0 Å². The normalized spacial score (nSPS) is 16.5. The summed E-state index contributed by atoms with van der Waals surface area (Å²) >= 11 is 5.94. The Balaban J connectivity index is 1.78. The number of nitrogens with two attached hydrogens (primary N) is 1. The maximum Gasteiger partial charge on any atom is 0.243 e. The molecule has 0 fully saturated rings. The Hall–Kier alpha value is -2.09. The van der Waals surface area contributed by atoms with Crippen molar-refractivity contribution in [2.45, 2.75) is 31.2 Å². The van der Waals surface area contributed by atoms with Gasteiger partial charge >= 0.3 is 0 Å². The molecule has 1 amide bonds. The molecule has 2 aromatic rings. The van der Waals surface area contributed by atoms with Crippen molar-refractivity contribution in [2.24, 2.45) is 5.14 Å². The highest BCUT2D eigenvalue weighted by atomic mass is 35.5. The SMILES string of the molecule is Cc1cc(Cl)ccc1NC(=O)CN1c2ccc(S(N)(=O)=O)cc2C[C@H]1C. The highest BCUT2D eigenvalue weighted by Gasteiger charge is 2.28. The van der Waals surface area contributed by atoms with Crippen LogP contribution in [0.25, 0.3) is 0 Å². The van der Waals surface area contributed by atoms with Gasteiger partial charge in [0.1, 0.15) is 0 Å². The number of hydrogen-bond donors (Lipinski definition) is 2. The Morgan fingerprint density at radius 2 is 2.04 bits per heavy atom. The van der Waals surface area contributed by atoms with Crippen molar-refractivity contribution in [1.82, 2.24) is 0 Å². The molecule has 0 aromatic heterocycles. The lowest BCUT2D eigenvalue weighted by Gasteiger charge is -2.24. The highest BCUT2D eigenvalue weighted by molar-refractivity contribution is 7.89. The van der Waals surface area contributed by atoms with Gasteiger partial charge in [0.2, 0.25) is 15.9 Å². The Kier molecular flexibility index (Phi) is 4.96. The summed E-state index contributed by atoms with van der Waals surface area (Å²) in [6.07, 6.45) is 0.659. The molecule has 0 aliphatic carbocycles. The molecule has 8 heteroatoms. The molecule has 0 saturated heterocycles. The van der Waals surface area contributed by atoms with Crippen molar-refractivity contribution in [3.8, 4) is 0 Å². The summed E-state index contributed by atoms with van der Waals surface area (Å²) in [7, 11) is -3.74. The molecule has 138 valence electrons. The number of carbonyl (C=O) groups excluding carboxylic acids is 1. The van der Waals surface area contributed by atoms with Gasteiger partial charge in [-0.3, -0.25) is 4.79 Å². The van der Waals surface area contributed by atoms with Crippen LogP contribution < -0.4 is 15.4 Å². The zero-order chi connectivity index (χ0) is 19.1. The lowest BCUT2D eigenvalue weighted by Crippen LogP contribution is -2.37. The number of benzene rings is 2. The van der Waals surface area contributed by atoms with Crippen molar-refractivity contribution in [1.29, 1.82) is 0 Å². The maximum absolute atomic E-state index is 12.5. The first-order valence-corrected chi connectivity index (χ1v) is 10.1. The van der Waals surface area contributed by atoms with E-state index in [0.29, 0.717) is 11.4 Å². The second kappa shape index (κ2) is 6.90. The van der Waals surface area contributed by atoms with Crippen LogP contribution in [0.5, 0.6) is 0 Å². The van der Waals surface area contributed by atoms with E-state index in [2.05, 4.69) is 5.32 Å². The smallest absolute Gasteiger partial charge is 0.243 e. The molecule has 2 aromatic carbocycles. The van der Waals surface area contributed by atoms with E-state index in [0.717, 1.165) is 22.5 Å². The van der Waals surface area contributed by atoms with Crippen molar-refractivity contribution in [3.05, 3.63) is 52.5 Å². The molecule has 0 radical (unpaired) electrons. The number of amides is 1. The number of nitrogens with zero attached hydrogens (tertiary/aromatic N) is 1. The number of primary sulfonamides is 1. The first-order valence-electron chi connectivity index (χ1n) is 8.13. The first-order chi connectivity index (χ1) is 12.1. The molecule has 1 heterocycles. The van der Waals surface area contributed by atoms with E-state index in [1.807, 2.05) is 18.7 Å². The molecule has 1 atom stereocenters. The Bertz CT molecular complexity index is 976. The largest absolute Gasteiger partial charge is 0.359 e. The van der Waals surface area contributed by atoms with Crippen LogP contribution in [0, 0.1) is 6.92 Å². The van der Waals surface area contributed by atoms with Crippen LogP contribution in [0.3, 0.4) is 0 Å². The second-order valence-corrected chi connectivity index (χ2v) is 8.52. The van der Waals surface area contributed by atoms with Crippen molar-refractivity contribution in [3.63, 3.8) is 0 Å². The summed E-state index contributed by atoms with van der Waals surface area (Å²) in [5, 5.41) is 8.71. The molecular weight excluding hydrogens is 374 g/mol. The lowest BCUT2D eigenvalue weighted by atomic mass is 10.1. The third kappa shape index (κ3) is 3.85. The number of carbonyl (C=O) groups is 1. The first kappa shape index (κ1) is 18.7. The van der Waals surface area contributed by atoms with Crippen LogP contribution in [0.15, 0.2) is 41.3 Å². The average Bonchev–Trinajstić information content (AvgIpc) is 2.84. The standard InChI is InChI=1S/C18H20ClN3O3S/c1-11-7-14(19)3-5-16(11)21-18(23)10-22-12(2)8-13-9-15(26(20,24)25)4-6-17(13)22/h3-7,9,12H,8,10H2,1-2H3,(H,21,23)(H2,20,24,25)/t12-/m1/s1. The Labute approximate surface area is 158 Å². The molecule has 1 aliphatic heterocycles. The average molecular weight is 394 g/mol. The van der Waals surface area contributed by atoms with Crippen molar-refractivity contribution >= 4 is 38.9 Å². The van der Waals surface area contributed by atoms with Gasteiger partial charge in [-0.1, -0.05) is 11.6 Å². The molecule has 1 aliphatic rings. The zero-order valence-corrected chi connectivity index (χ0v) is 16.1. The molecule has 26 heavy (non-hydrogen) atoms. The van der Waals surface area contributed by atoms with E-state index in [-0.39, 0.29) is 23.4 Å². The fourth-order valence-electron chi connectivity index (χ4n) is 3.20. The second-order valence-electron chi connectivity index (χ2n) is 6.52. The lowest BCUT2D eigenvalue weighted by molar-refractivity contribution is -0.115. The van der Waals surface area contributed by atoms with Gasteiger partial charge in [0.05, 0.1) is 11.4 Å². The van der Waals surface area contributed by atoms with Gasteiger partial charge in [-0.05, 0) is 67.8 Å². The molecular formula is C18H20ClN3O3S. The van der Waals surface area contributed by atoms with Gasteiger partial charge in [0.25, 0.3) is 0 Å². The number of fused-ring (bicyclic) bond motifs is 1. The number of halogens is 1. The quantitative estimate of drug-likeness (QED) is 0.835. The fraction of sp³-hybridized carbons (Fsp3) is 0.278. The molecule has 0 spiro atoms. The number of hydrogen-bond acceptors (Lipinski definition) is 4. The minimum atomic E-state index is -3.74. The van der Waals surface area contributed by atoms with E-state index in [4.69, 9.17) is 16.7 Å². The van der Waals surface area contributed by atoms with Gasteiger partial charge in [-0.2, -0.15) is 0 Å². The molecule has 0 unspecified atom stereocenters. The van der Waals surface area contributed by atoms with Crippen LogP contribution in [-0.2, 0) is 21.2 Å². The Morgan fingerprint density at radius 1 is 1.31 bits per heavy atom. The topological polar surface area (TPSA) is 92.5 Å². The van der Waals surface area contributed by atoms with Crippen LogP contribution >= 0.6 is 11.6 Å². The summed E-state index contributed by atoms with van der Waals surface area (Å²) in [6.45, 7) is 4.05. The number of rotatable bonds is 4. The van der Waals surface area contributed by atoms with E-state index in [1.165, 1.54) is 6.07 Å². The highest BCUT2D eigenvalue weighted by Crippen LogP contribution is 2.33. The summed E-state index contributed by atoms with van der Waals surface area (Å²) in [4.78, 5) is 14.5. The van der Waals surface area contributed by atoms with E-state index < -0.39 is 10.0 Å². The van der Waals surface area contributed by atoms with E-state index in [1.54, 1.807) is 30.3 Å². The predicted molar refractivity (Wildman–Crippen MR) is 103 cm³/mol. The Morgan fingerprint density at radius 3 is 2.69 bits per heavy atom. The third-order valence-corrected chi connectivity index (χ3v) is 5.66. The van der Waals surface area contributed by atoms with Gasteiger partial charge in [0, 0.05) is 22.4 Å². The molecule has 3 rings (SSSR count). The summed E-state index contributed by atoms with van der Waals surface area (Å²) in [5.41, 5.74) is 3.34. The molecule has 6 nitrogen and oxygen atoms in total. The van der Waals surface area contributed by atoms with Crippen molar-refractivity contribution < 1.29 is 13.2 Å². The number of nitrogens with one attached hydrogen (secondary N) is 1. The van der Waals surface area contributed by atoms with Gasteiger partial charge in [-0.15, -0.1) is 0 Å². The van der Waals surface area contributed by atoms with Crippen LogP contribution in [0.2, 0.25) is 5.02 Å². The minimum absolute atomic E-state index is 0.0813. The zero-order valence-electron chi connectivity index (χ0n) is 14.5. The summed E-state index contributed by atoms with van der Waals surface area (Å²) < 4.78 is 23.0. The van der Waals surface area contributed by atoms with Crippen LogP contribution in [0.1, 0.15) is 18.1 Å². The van der Waals surface area contributed by atoms with Crippen LogP contribution in [0.4, 0.5) is 11.4 Å². The predicted octanol–water partition coefficient (Wildman–Crippen LogP) is 2.69. The number of sulfonamides is 1. The van der Waals surface area contributed by atoms with Gasteiger partial charge in [-0.25, -0.2) is 13.6 Å². The maximum atomic E-state index is 12.5. The van der Waals surface area contributed by atoms with Crippen molar-refractivity contribution in [2.75, 3.05) is 16.8 Å². The minimum Gasteiger partial charge on any atom is -0.359 e. The fourth-order valence-corrected chi connectivity index (χ4v) is 3.99. The van der Waals surface area contributed by atoms with E-state index in [9.17, 15) is 13.2 Å². The van der Waals surface area contributed by atoms with Gasteiger partial charge < -0.3 is 10.2 Å². The number of aryl methyl sites for hydroxylation is 1. The third-order valence-electron chi connectivity index (χ3n) is 4.51. The summed E-state index contributed by atoms with van der Waals surface area (Å²) in [5.74, 6) is -0.148. The molecule has 3 N–H and O–H groups in total. The number of anilines is 2. The monoisotopic (exact) mass is 393 g/mol. The summed E-state index contributed by atoms with van der Waals surface area (Å²) in [6, 6.07) is 10.1. The molecule has 0 saturated carbocycles. The molecule has 0 bridgehead atoms. The van der Waals surface area contributed by atoms with E-state index >= 15 is 0 Å². The van der Waals surface area contributed by atoms with Crippen LogP contribution in [-0.4, -0.2) is 26.9 Å².